The van der Waals surface area contributed by atoms with Crippen LogP contribution in [0.3, 0.4) is 0 Å². The Morgan fingerprint density at radius 3 is 2.74 bits per heavy atom. The Morgan fingerprint density at radius 1 is 1.30 bits per heavy atom. The van der Waals surface area contributed by atoms with Crippen LogP contribution in [-0.4, -0.2) is 46.8 Å². The lowest BCUT2D eigenvalue weighted by Crippen LogP contribution is -2.45. The maximum atomic E-state index is 14.5. The number of halogens is 1. The standard InChI is InChI=1S/C20H25FN4O2/c1-15-3-5-16(6-4-15)14-27-20(26)25-12-8-17(18(21)13-25)7-11-24-19-22-9-2-10-23-19/h2-6,9-10,17-18H,7-8,11-14H2,1H3,(H,22,23,24)/t17-,18+/m0/s1. The third kappa shape index (κ3) is 5.64. The number of hydrogen-bond donors (Lipinski definition) is 1. The quantitative estimate of drug-likeness (QED) is 0.839. The number of nitrogens with one attached hydrogen (secondary N) is 1. The molecule has 144 valence electrons. The second-order valence-electron chi connectivity index (χ2n) is 6.84. The molecule has 6 nitrogen and oxygen atoms in total. The smallest absolute Gasteiger partial charge is 0.410 e. The molecule has 1 aliphatic heterocycles. The van der Waals surface area contributed by atoms with Gasteiger partial charge in [0, 0.05) is 25.5 Å². The van der Waals surface area contributed by atoms with Crippen LogP contribution < -0.4 is 5.32 Å². The summed E-state index contributed by atoms with van der Waals surface area (Å²) in [7, 11) is 0. The highest BCUT2D eigenvalue weighted by Gasteiger charge is 2.31. The minimum absolute atomic E-state index is 0.0811. The van der Waals surface area contributed by atoms with Crippen LogP contribution in [0.25, 0.3) is 0 Å². The molecule has 0 aliphatic carbocycles. The van der Waals surface area contributed by atoms with Gasteiger partial charge < -0.3 is 15.0 Å². The molecular weight excluding hydrogens is 347 g/mol. The average molecular weight is 372 g/mol. The molecule has 0 spiro atoms. The predicted molar refractivity (Wildman–Crippen MR) is 101 cm³/mol. The number of hydrogen-bond acceptors (Lipinski definition) is 5. The Hall–Kier alpha value is -2.70. The van der Waals surface area contributed by atoms with Crippen LogP contribution in [0.5, 0.6) is 0 Å². The molecule has 2 aromatic rings. The van der Waals surface area contributed by atoms with Crippen molar-refractivity contribution in [1.29, 1.82) is 0 Å². The van der Waals surface area contributed by atoms with Crippen molar-refractivity contribution in [3.8, 4) is 0 Å². The lowest BCUT2D eigenvalue weighted by Gasteiger charge is -2.34. The molecule has 2 heterocycles. The number of carbonyl (C=O) groups is 1. The first kappa shape index (κ1) is 19.1. The van der Waals surface area contributed by atoms with Gasteiger partial charge in [-0.3, -0.25) is 0 Å². The molecule has 1 N–H and O–H groups in total. The van der Waals surface area contributed by atoms with E-state index in [-0.39, 0.29) is 19.1 Å². The van der Waals surface area contributed by atoms with Gasteiger partial charge >= 0.3 is 6.09 Å². The number of piperidine rings is 1. The summed E-state index contributed by atoms with van der Waals surface area (Å²) in [6.45, 7) is 3.41. The molecule has 0 radical (unpaired) electrons. The van der Waals surface area contributed by atoms with Crippen molar-refractivity contribution in [2.45, 2.75) is 32.5 Å². The summed E-state index contributed by atoms with van der Waals surface area (Å²) in [6, 6.07) is 9.55. The van der Waals surface area contributed by atoms with E-state index in [4.69, 9.17) is 4.74 Å². The van der Waals surface area contributed by atoms with Crippen LogP contribution in [0.2, 0.25) is 0 Å². The molecular formula is C20H25FN4O2. The second-order valence-corrected chi connectivity index (χ2v) is 6.84. The Labute approximate surface area is 158 Å². The van der Waals surface area contributed by atoms with Crippen LogP contribution in [0.1, 0.15) is 24.0 Å². The van der Waals surface area contributed by atoms with Crippen molar-refractivity contribution in [2.24, 2.45) is 5.92 Å². The van der Waals surface area contributed by atoms with E-state index in [1.54, 1.807) is 18.5 Å². The second kappa shape index (κ2) is 9.30. The number of aromatic nitrogens is 2. The lowest BCUT2D eigenvalue weighted by molar-refractivity contribution is 0.0505. The molecule has 2 atom stereocenters. The van der Waals surface area contributed by atoms with Gasteiger partial charge in [-0.1, -0.05) is 29.8 Å². The molecule has 0 unspecified atom stereocenters. The molecule has 1 saturated heterocycles. The van der Waals surface area contributed by atoms with Gasteiger partial charge in [0.15, 0.2) is 0 Å². The van der Waals surface area contributed by atoms with Crippen molar-refractivity contribution in [1.82, 2.24) is 14.9 Å². The highest BCUT2D eigenvalue weighted by molar-refractivity contribution is 5.67. The number of benzene rings is 1. The molecule has 3 rings (SSSR count). The normalized spacial score (nSPS) is 19.6. The summed E-state index contributed by atoms with van der Waals surface area (Å²) in [5.74, 6) is 0.465. The van der Waals surface area contributed by atoms with E-state index in [1.165, 1.54) is 4.90 Å². The number of aryl methyl sites for hydroxylation is 1. The summed E-state index contributed by atoms with van der Waals surface area (Å²) in [5.41, 5.74) is 2.08. The van der Waals surface area contributed by atoms with Crippen molar-refractivity contribution in [2.75, 3.05) is 25.0 Å². The fourth-order valence-corrected chi connectivity index (χ4v) is 3.12. The number of carbonyl (C=O) groups excluding carboxylic acids is 1. The van der Waals surface area contributed by atoms with E-state index in [0.717, 1.165) is 11.1 Å². The van der Waals surface area contributed by atoms with E-state index in [0.29, 0.717) is 31.9 Å². The Kier molecular flexibility index (Phi) is 6.57. The van der Waals surface area contributed by atoms with Gasteiger partial charge in [0.2, 0.25) is 5.95 Å². The monoisotopic (exact) mass is 372 g/mol. The summed E-state index contributed by atoms with van der Waals surface area (Å²) >= 11 is 0. The fraction of sp³-hybridized carbons (Fsp3) is 0.450. The highest BCUT2D eigenvalue weighted by Crippen LogP contribution is 2.24. The van der Waals surface area contributed by atoms with E-state index in [9.17, 15) is 9.18 Å². The van der Waals surface area contributed by atoms with Gasteiger partial charge in [0.25, 0.3) is 0 Å². The number of ether oxygens (including phenoxy) is 1. The molecule has 0 saturated carbocycles. The Morgan fingerprint density at radius 2 is 2.04 bits per heavy atom. The number of amides is 1. The molecule has 1 aromatic heterocycles. The first-order valence-electron chi connectivity index (χ1n) is 9.24. The number of likely N-dealkylation sites (tertiary alicyclic amines) is 1. The lowest BCUT2D eigenvalue weighted by atomic mass is 9.92. The molecule has 1 fully saturated rings. The summed E-state index contributed by atoms with van der Waals surface area (Å²) in [6.07, 6.45) is 3.11. The van der Waals surface area contributed by atoms with Gasteiger partial charge in [-0.15, -0.1) is 0 Å². The third-order valence-electron chi connectivity index (χ3n) is 4.78. The van der Waals surface area contributed by atoms with E-state index >= 15 is 0 Å². The maximum absolute atomic E-state index is 14.5. The molecule has 1 amide bonds. The zero-order valence-electron chi connectivity index (χ0n) is 15.5. The van der Waals surface area contributed by atoms with Crippen molar-refractivity contribution in [3.05, 3.63) is 53.9 Å². The topological polar surface area (TPSA) is 67.3 Å². The minimum Gasteiger partial charge on any atom is -0.445 e. The van der Waals surface area contributed by atoms with E-state index < -0.39 is 12.3 Å². The maximum Gasteiger partial charge on any atom is 0.410 e. The molecule has 1 aromatic carbocycles. The van der Waals surface area contributed by atoms with Crippen LogP contribution in [-0.2, 0) is 11.3 Å². The van der Waals surface area contributed by atoms with Crippen LogP contribution in [0.4, 0.5) is 15.1 Å². The van der Waals surface area contributed by atoms with Crippen LogP contribution in [0, 0.1) is 12.8 Å². The summed E-state index contributed by atoms with van der Waals surface area (Å²) < 4.78 is 19.8. The first-order chi connectivity index (χ1) is 13.1. The minimum atomic E-state index is -1.05. The summed E-state index contributed by atoms with van der Waals surface area (Å²) in [4.78, 5) is 21.8. The molecule has 0 bridgehead atoms. The number of anilines is 1. The Bertz CT molecular complexity index is 727. The van der Waals surface area contributed by atoms with Gasteiger partial charge in [-0.25, -0.2) is 19.2 Å². The van der Waals surface area contributed by atoms with Crippen molar-refractivity contribution < 1.29 is 13.9 Å². The third-order valence-corrected chi connectivity index (χ3v) is 4.78. The number of nitrogens with zero attached hydrogens (tertiary/aromatic N) is 3. The zero-order valence-corrected chi connectivity index (χ0v) is 15.5. The van der Waals surface area contributed by atoms with Crippen molar-refractivity contribution >= 4 is 12.0 Å². The van der Waals surface area contributed by atoms with Crippen LogP contribution >= 0.6 is 0 Å². The number of rotatable bonds is 6. The van der Waals surface area contributed by atoms with E-state index in [2.05, 4.69) is 15.3 Å². The van der Waals surface area contributed by atoms with Crippen LogP contribution in [0.15, 0.2) is 42.7 Å². The van der Waals surface area contributed by atoms with Crippen molar-refractivity contribution in [3.63, 3.8) is 0 Å². The summed E-state index contributed by atoms with van der Waals surface area (Å²) in [5, 5.41) is 3.09. The highest BCUT2D eigenvalue weighted by atomic mass is 19.1. The van der Waals surface area contributed by atoms with Gasteiger partial charge in [-0.2, -0.15) is 0 Å². The first-order valence-corrected chi connectivity index (χ1v) is 9.24. The molecule has 27 heavy (non-hydrogen) atoms. The fourth-order valence-electron chi connectivity index (χ4n) is 3.12. The SMILES string of the molecule is Cc1ccc(COC(=O)N2CC[C@H](CCNc3ncccn3)[C@H](F)C2)cc1. The average Bonchev–Trinajstić information content (AvgIpc) is 2.69. The largest absolute Gasteiger partial charge is 0.445 e. The number of alkyl halides is 1. The van der Waals surface area contributed by atoms with Gasteiger partial charge in [0.1, 0.15) is 12.8 Å². The predicted octanol–water partition coefficient (Wildman–Crippen LogP) is 3.58. The zero-order chi connectivity index (χ0) is 19.1. The molecule has 1 aliphatic rings. The molecule has 7 heteroatoms. The Balaban J connectivity index is 1.39. The van der Waals surface area contributed by atoms with Gasteiger partial charge in [0.05, 0.1) is 6.54 Å². The van der Waals surface area contributed by atoms with E-state index in [1.807, 2.05) is 31.2 Å². The van der Waals surface area contributed by atoms with Gasteiger partial charge in [-0.05, 0) is 37.3 Å².